The Labute approximate surface area is 177 Å². The summed E-state index contributed by atoms with van der Waals surface area (Å²) in [4.78, 5) is 17.7. The van der Waals surface area contributed by atoms with Gasteiger partial charge in [-0.15, -0.1) is 24.5 Å². The summed E-state index contributed by atoms with van der Waals surface area (Å²) in [6.07, 6.45) is -3.09. The van der Waals surface area contributed by atoms with E-state index in [2.05, 4.69) is 15.0 Å². The number of imidazole rings is 1. The maximum atomic E-state index is 12.6. The van der Waals surface area contributed by atoms with Crippen molar-refractivity contribution in [1.82, 2.24) is 9.38 Å². The summed E-state index contributed by atoms with van der Waals surface area (Å²) in [7, 11) is 0. The Morgan fingerprint density at radius 3 is 2.63 bits per heavy atom. The van der Waals surface area contributed by atoms with E-state index in [0.29, 0.717) is 15.7 Å². The third-order valence-electron chi connectivity index (χ3n) is 4.15. The Morgan fingerprint density at radius 1 is 1.17 bits per heavy atom. The van der Waals surface area contributed by atoms with Crippen LogP contribution < -0.4 is 10.1 Å². The molecule has 154 valence electrons. The van der Waals surface area contributed by atoms with Crippen LogP contribution in [-0.2, 0) is 11.2 Å². The zero-order valence-electron chi connectivity index (χ0n) is 15.1. The second-order valence-electron chi connectivity index (χ2n) is 6.28. The Bertz CT molecular complexity index is 1200. The minimum Gasteiger partial charge on any atom is -0.404 e. The molecule has 2 aromatic carbocycles. The number of rotatable bonds is 5. The molecule has 0 radical (unpaired) electrons. The fourth-order valence-electron chi connectivity index (χ4n) is 2.86. The SMILES string of the molecule is O=C(Cc1csc2nc(-c3ccc(Cl)cc3)cn12)Nc1ccccc1OC(F)(F)F. The van der Waals surface area contributed by atoms with Crippen LogP contribution in [0.25, 0.3) is 16.2 Å². The molecule has 4 rings (SSSR count). The molecule has 0 aliphatic rings. The standard InChI is InChI=1S/C20H13ClF3N3O2S/c21-13-7-5-12(6-8-13)16-10-27-14(11-30-19(27)26-16)9-18(28)25-15-3-1-2-4-17(15)29-20(22,23)24/h1-8,10-11H,9H2,(H,25,28). The van der Waals surface area contributed by atoms with Crippen molar-refractivity contribution in [3.05, 3.63) is 70.8 Å². The molecule has 1 amide bonds. The van der Waals surface area contributed by atoms with Gasteiger partial charge in [-0.1, -0.05) is 35.9 Å². The normalized spacial score (nSPS) is 11.6. The second-order valence-corrected chi connectivity index (χ2v) is 7.55. The highest BCUT2D eigenvalue weighted by atomic mass is 35.5. The Morgan fingerprint density at radius 2 is 1.90 bits per heavy atom. The molecule has 0 saturated heterocycles. The van der Waals surface area contributed by atoms with Crippen LogP contribution in [0.1, 0.15) is 5.69 Å². The van der Waals surface area contributed by atoms with Crippen LogP contribution in [0.5, 0.6) is 5.75 Å². The van der Waals surface area contributed by atoms with Crippen molar-refractivity contribution in [1.29, 1.82) is 0 Å². The minimum atomic E-state index is -4.85. The van der Waals surface area contributed by atoms with E-state index in [9.17, 15) is 18.0 Å². The molecule has 0 saturated carbocycles. The average molecular weight is 452 g/mol. The molecule has 0 atom stereocenters. The predicted molar refractivity (Wildman–Crippen MR) is 109 cm³/mol. The zero-order chi connectivity index (χ0) is 21.3. The van der Waals surface area contributed by atoms with Gasteiger partial charge in [0, 0.05) is 27.9 Å². The molecular formula is C20H13ClF3N3O2S. The van der Waals surface area contributed by atoms with Crippen LogP contribution in [0, 0.1) is 0 Å². The number of aromatic nitrogens is 2. The van der Waals surface area contributed by atoms with Crippen molar-refractivity contribution >= 4 is 39.5 Å². The van der Waals surface area contributed by atoms with E-state index in [-0.39, 0.29) is 12.1 Å². The van der Waals surface area contributed by atoms with Crippen LogP contribution in [-0.4, -0.2) is 21.7 Å². The van der Waals surface area contributed by atoms with Gasteiger partial charge in [-0.05, 0) is 24.3 Å². The Kier molecular flexibility index (Phi) is 5.40. The monoisotopic (exact) mass is 451 g/mol. The summed E-state index contributed by atoms with van der Waals surface area (Å²) < 4.78 is 43.4. The maximum Gasteiger partial charge on any atom is 0.573 e. The van der Waals surface area contributed by atoms with Gasteiger partial charge in [0.15, 0.2) is 10.7 Å². The molecule has 0 spiro atoms. The summed E-state index contributed by atoms with van der Waals surface area (Å²) in [5, 5.41) is 4.87. The van der Waals surface area contributed by atoms with Crippen LogP contribution in [0.3, 0.4) is 0 Å². The number of thiazole rings is 1. The van der Waals surface area contributed by atoms with Gasteiger partial charge in [0.2, 0.25) is 5.91 Å². The van der Waals surface area contributed by atoms with Crippen LogP contribution in [0.4, 0.5) is 18.9 Å². The van der Waals surface area contributed by atoms with Crippen LogP contribution in [0.2, 0.25) is 5.02 Å². The van der Waals surface area contributed by atoms with E-state index >= 15 is 0 Å². The number of nitrogens with one attached hydrogen (secondary N) is 1. The van der Waals surface area contributed by atoms with Gasteiger partial charge in [0.05, 0.1) is 17.8 Å². The lowest BCUT2D eigenvalue weighted by molar-refractivity contribution is -0.274. The van der Waals surface area contributed by atoms with Gasteiger partial charge in [-0.25, -0.2) is 4.98 Å². The molecule has 0 aliphatic heterocycles. The summed E-state index contributed by atoms with van der Waals surface area (Å²) in [6.45, 7) is 0. The van der Waals surface area contributed by atoms with E-state index in [0.717, 1.165) is 17.3 Å². The second kappa shape index (κ2) is 8.00. The lowest BCUT2D eigenvalue weighted by Gasteiger charge is -2.13. The molecule has 2 aromatic heterocycles. The molecule has 10 heteroatoms. The quantitative estimate of drug-likeness (QED) is 0.417. The van der Waals surface area contributed by atoms with Gasteiger partial charge in [-0.2, -0.15) is 0 Å². The average Bonchev–Trinajstić information content (AvgIpc) is 3.25. The van der Waals surface area contributed by atoms with Crippen LogP contribution >= 0.6 is 22.9 Å². The molecule has 2 heterocycles. The fraction of sp³-hybridized carbons (Fsp3) is 0.100. The van der Waals surface area contributed by atoms with Gasteiger partial charge >= 0.3 is 6.36 Å². The molecule has 0 aliphatic carbocycles. The number of ether oxygens (including phenoxy) is 1. The number of hydrogen-bond donors (Lipinski definition) is 1. The summed E-state index contributed by atoms with van der Waals surface area (Å²) in [5.74, 6) is -0.948. The van der Waals surface area contributed by atoms with E-state index in [1.807, 2.05) is 12.1 Å². The Balaban J connectivity index is 1.52. The first-order chi connectivity index (χ1) is 14.3. The molecule has 1 N–H and O–H groups in total. The largest absolute Gasteiger partial charge is 0.573 e. The molecule has 30 heavy (non-hydrogen) atoms. The third kappa shape index (κ3) is 4.58. The highest BCUT2D eigenvalue weighted by Crippen LogP contribution is 2.30. The van der Waals surface area contributed by atoms with Crippen molar-refractivity contribution < 1.29 is 22.7 Å². The molecule has 0 fully saturated rings. The first-order valence-corrected chi connectivity index (χ1v) is 9.90. The van der Waals surface area contributed by atoms with Crippen molar-refractivity contribution in [2.45, 2.75) is 12.8 Å². The third-order valence-corrected chi connectivity index (χ3v) is 5.29. The number of alkyl halides is 3. The van der Waals surface area contributed by atoms with Gasteiger partial charge in [-0.3, -0.25) is 9.20 Å². The van der Waals surface area contributed by atoms with Crippen molar-refractivity contribution in [3.63, 3.8) is 0 Å². The lowest BCUT2D eigenvalue weighted by atomic mass is 10.2. The number of benzene rings is 2. The Hall–Kier alpha value is -3.04. The highest BCUT2D eigenvalue weighted by molar-refractivity contribution is 7.15. The van der Waals surface area contributed by atoms with E-state index in [4.69, 9.17) is 11.6 Å². The number of amides is 1. The molecule has 4 aromatic rings. The topological polar surface area (TPSA) is 55.6 Å². The summed E-state index contributed by atoms with van der Waals surface area (Å²) >= 11 is 7.28. The van der Waals surface area contributed by atoms with Crippen molar-refractivity contribution in [3.8, 4) is 17.0 Å². The van der Waals surface area contributed by atoms with E-state index in [1.165, 1.54) is 29.5 Å². The smallest absolute Gasteiger partial charge is 0.404 e. The number of para-hydroxylation sites is 2. The van der Waals surface area contributed by atoms with Crippen molar-refractivity contribution in [2.24, 2.45) is 0 Å². The van der Waals surface area contributed by atoms with E-state index < -0.39 is 18.0 Å². The number of hydrogen-bond acceptors (Lipinski definition) is 4. The number of halogens is 4. The minimum absolute atomic E-state index is 0.0449. The number of fused-ring (bicyclic) bond motifs is 1. The van der Waals surface area contributed by atoms with Gasteiger partial charge in [0.25, 0.3) is 0 Å². The zero-order valence-corrected chi connectivity index (χ0v) is 16.7. The summed E-state index contributed by atoms with van der Waals surface area (Å²) in [5.41, 5.74) is 2.21. The summed E-state index contributed by atoms with van der Waals surface area (Å²) in [6, 6.07) is 12.6. The predicted octanol–water partition coefficient (Wildman–Crippen LogP) is 5.80. The molecule has 5 nitrogen and oxygen atoms in total. The molecule has 0 unspecified atom stereocenters. The fourth-order valence-corrected chi connectivity index (χ4v) is 3.86. The lowest BCUT2D eigenvalue weighted by Crippen LogP contribution is -2.20. The first-order valence-electron chi connectivity index (χ1n) is 8.64. The maximum absolute atomic E-state index is 12.6. The molecular weight excluding hydrogens is 439 g/mol. The van der Waals surface area contributed by atoms with E-state index in [1.54, 1.807) is 28.1 Å². The van der Waals surface area contributed by atoms with Gasteiger partial charge in [0.1, 0.15) is 0 Å². The first kappa shape index (κ1) is 20.2. The number of nitrogens with zero attached hydrogens (tertiary/aromatic N) is 2. The molecule has 0 bridgehead atoms. The van der Waals surface area contributed by atoms with Gasteiger partial charge < -0.3 is 10.1 Å². The number of carbonyl (C=O) groups excluding carboxylic acids is 1. The number of anilines is 1. The van der Waals surface area contributed by atoms with Crippen molar-refractivity contribution in [2.75, 3.05) is 5.32 Å². The highest BCUT2D eigenvalue weighted by Gasteiger charge is 2.32. The van der Waals surface area contributed by atoms with Crippen LogP contribution in [0.15, 0.2) is 60.1 Å². The number of carbonyl (C=O) groups is 1.